The predicted octanol–water partition coefficient (Wildman–Crippen LogP) is 0.498. The van der Waals surface area contributed by atoms with Gasteiger partial charge in [-0.3, -0.25) is 4.79 Å². The summed E-state index contributed by atoms with van der Waals surface area (Å²) in [6.45, 7) is 0. The van der Waals surface area contributed by atoms with Gasteiger partial charge in [-0.25, -0.2) is 4.39 Å². The molecule has 196 valence electrons. The molecule has 0 bridgehead atoms. The number of Topliss-reactive ketones (excluding diaryl/α,β-unsaturated/α-hetero) is 1. The zero-order valence-electron chi connectivity index (χ0n) is 21.9. The Kier molecular flexibility index (Phi) is 10.0. The van der Waals surface area contributed by atoms with Crippen LogP contribution in [0.5, 0.6) is 23.0 Å². The number of methoxy groups -OCH3 is 4. The third-order valence-electron chi connectivity index (χ3n) is 5.85. The first kappa shape index (κ1) is 30.0. The Morgan fingerprint density at radius 3 is 2.03 bits per heavy atom. The van der Waals surface area contributed by atoms with Gasteiger partial charge in [-0.15, -0.1) is 0 Å². The van der Waals surface area contributed by atoms with Crippen LogP contribution in [0.1, 0.15) is 21.5 Å². The van der Waals surface area contributed by atoms with E-state index in [1.807, 2.05) is 0 Å². The maximum Gasteiger partial charge on any atom is 1.00 e. The summed E-state index contributed by atoms with van der Waals surface area (Å²) in [5.41, 5.74) is 1.12. The molecule has 12 heteroatoms. The molecule has 1 heterocycles. The number of ketones is 1. The van der Waals surface area contributed by atoms with Gasteiger partial charge in [-0.1, -0.05) is 12.1 Å². The van der Waals surface area contributed by atoms with Crippen molar-refractivity contribution in [2.24, 2.45) is 0 Å². The molecule has 0 saturated heterocycles. The van der Waals surface area contributed by atoms with Gasteiger partial charge in [0.15, 0.2) is 28.8 Å². The number of halogens is 1. The van der Waals surface area contributed by atoms with Crippen molar-refractivity contribution in [3.8, 4) is 23.0 Å². The van der Waals surface area contributed by atoms with E-state index in [1.165, 1.54) is 64.8 Å². The number of carbonyl (C=O) groups excluding carboxylic acids is 2. The molecule has 0 radical (unpaired) electrons. The summed E-state index contributed by atoms with van der Waals surface area (Å²) in [6.07, 6.45) is -0.229. The van der Waals surface area contributed by atoms with Gasteiger partial charge in [-0.2, -0.15) is 8.75 Å². The van der Waals surface area contributed by atoms with E-state index >= 15 is 0 Å². The third kappa shape index (κ3) is 6.22. The molecule has 0 aliphatic carbocycles. The Labute approximate surface area is 249 Å². The standard InChI is InChI=1S/C27H23FN2O7S.Na/c1-34-21-8-5-14(10-18(21)28)9-17(24(27(32)33)15-6-7-19-20(11-15)30-38-29-19)25(31)16-12-22(35-2)26(37-4)23(13-16)36-3;/h5-8,10-13H,9H2,1-4H3,(H,32,33);/q;+1/p-1/b24-17+;. The van der Waals surface area contributed by atoms with Crippen LogP contribution in [0.25, 0.3) is 16.6 Å². The van der Waals surface area contributed by atoms with E-state index < -0.39 is 17.6 Å². The average molecular weight is 561 g/mol. The molecule has 0 spiro atoms. The minimum Gasteiger partial charge on any atom is -0.545 e. The van der Waals surface area contributed by atoms with E-state index in [9.17, 15) is 19.1 Å². The number of carbonyl (C=O) groups is 2. The van der Waals surface area contributed by atoms with Crippen LogP contribution in [-0.2, 0) is 11.2 Å². The minimum absolute atomic E-state index is 0. The molecule has 4 rings (SSSR count). The van der Waals surface area contributed by atoms with Crippen molar-refractivity contribution in [3.05, 3.63) is 76.6 Å². The maximum absolute atomic E-state index is 14.5. The molecule has 0 atom stereocenters. The minimum atomic E-state index is -1.59. The summed E-state index contributed by atoms with van der Waals surface area (Å²) in [4.78, 5) is 26.5. The molecule has 0 fully saturated rings. The number of rotatable bonds is 10. The van der Waals surface area contributed by atoms with E-state index in [4.69, 9.17) is 18.9 Å². The fourth-order valence-electron chi connectivity index (χ4n) is 4.05. The Bertz CT molecular complexity index is 1550. The number of hydrogen-bond donors (Lipinski definition) is 0. The molecular formula is C27H22FN2NaO7S. The summed E-state index contributed by atoms with van der Waals surface area (Å²) in [7, 11) is 5.54. The zero-order valence-corrected chi connectivity index (χ0v) is 24.7. The fraction of sp³-hybridized carbons (Fsp3) is 0.185. The molecule has 4 aromatic rings. The van der Waals surface area contributed by atoms with E-state index in [1.54, 1.807) is 12.1 Å². The number of allylic oxidation sites excluding steroid dienone is 1. The van der Waals surface area contributed by atoms with Crippen molar-refractivity contribution in [1.82, 2.24) is 8.75 Å². The molecule has 0 N–H and O–H groups in total. The number of carboxylic acids is 1. The SMILES string of the molecule is COc1ccc(C/C(C(=O)c2cc(OC)c(OC)c(OC)c2)=C(\C(=O)[O-])c2ccc3nsnc3c2)cc1F.[Na+]. The van der Waals surface area contributed by atoms with Crippen LogP contribution in [0, 0.1) is 5.82 Å². The van der Waals surface area contributed by atoms with Crippen molar-refractivity contribution in [2.45, 2.75) is 6.42 Å². The topological polar surface area (TPSA) is 120 Å². The Balaban J connectivity index is 0.00000420. The van der Waals surface area contributed by atoms with Gasteiger partial charge < -0.3 is 28.8 Å². The van der Waals surface area contributed by atoms with E-state index in [2.05, 4.69) is 8.75 Å². The molecule has 3 aromatic carbocycles. The quantitative estimate of drug-likeness (QED) is 0.155. The predicted molar refractivity (Wildman–Crippen MR) is 136 cm³/mol. The van der Waals surface area contributed by atoms with E-state index in [-0.39, 0.29) is 81.2 Å². The number of nitrogens with zero attached hydrogens (tertiary/aromatic N) is 2. The summed E-state index contributed by atoms with van der Waals surface area (Å²) < 4.78 is 43.8. The Morgan fingerprint density at radius 2 is 1.46 bits per heavy atom. The number of ether oxygens (including phenoxy) is 4. The normalized spacial score (nSPS) is 11.3. The second-order valence-corrected chi connectivity index (χ2v) is 8.53. The smallest absolute Gasteiger partial charge is 0.545 e. The van der Waals surface area contributed by atoms with Crippen LogP contribution < -0.4 is 53.6 Å². The first-order valence-corrected chi connectivity index (χ1v) is 11.9. The van der Waals surface area contributed by atoms with Crippen molar-refractivity contribution >= 4 is 40.1 Å². The number of benzene rings is 3. The van der Waals surface area contributed by atoms with Gasteiger partial charge in [0.05, 0.1) is 46.1 Å². The number of hydrogen-bond acceptors (Lipinski definition) is 10. The summed E-state index contributed by atoms with van der Waals surface area (Å²) >= 11 is 0.973. The fourth-order valence-corrected chi connectivity index (χ4v) is 4.56. The van der Waals surface area contributed by atoms with Gasteiger partial charge in [0.1, 0.15) is 11.0 Å². The molecule has 39 heavy (non-hydrogen) atoms. The van der Waals surface area contributed by atoms with Crippen molar-refractivity contribution in [3.63, 3.8) is 0 Å². The van der Waals surface area contributed by atoms with Gasteiger partial charge in [0.2, 0.25) is 5.75 Å². The van der Waals surface area contributed by atoms with Crippen molar-refractivity contribution < 1.29 is 67.6 Å². The number of aliphatic carboxylic acids is 1. The molecule has 0 saturated carbocycles. The van der Waals surface area contributed by atoms with Crippen LogP contribution in [0.2, 0.25) is 0 Å². The molecular weight excluding hydrogens is 538 g/mol. The maximum atomic E-state index is 14.5. The molecule has 0 aliphatic heterocycles. The van der Waals surface area contributed by atoms with Crippen molar-refractivity contribution in [2.75, 3.05) is 28.4 Å². The van der Waals surface area contributed by atoms with Crippen molar-refractivity contribution in [1.29, 1.82) is 0 Å². The number of carboxylic acid groups (broad SMARTS) is 1. The van der Waals surface area contributed by atoms with E-state index in [0.29, 0.717) is 16.6 Å². The third-order valence-corrected chi connectivity index (χ3v) is 6.40. The summed E-state index contributed by atoms with van der Waals surface area (Å²) in [6, 6.07) is 11.6. The summed E-state index contributed by atoms with van der Waals surface area (Å²) in [5, 5.41) is 12.5. The molecule has 0 amide bonds. The van der Waals surface area contributed by atoms with Gasteiger partial charge in [0.25, 0.3) is 0 Å². The zero-order chi connectivity index (χ0) is 27.4. The second-order valence-electron chi connectivity index (χ2n) is 8.00. The van der Waals surface area contributed by atoms with Gasteiger partial charge >= 0.3 is 29.6 Å². The van der Waals surface area contributed by atoms with Gasteiger partial charge in [-0.05, 0) is 47.5 Å². The Hall–Kier alpha value is -3.51. The largest absolute Gasteiger partial charge is 1.00 e. The number of aromatic nitrogens is 2. The second kappa shape index (κ2) is 13.0. The molecule has 0 aliphatic rings. The van der Waals surface area contributed by atoms with Gasteiger partial charge in [0, 0.05) is 23.1 Å². The number of fused-ring (bicyclic) bond motifs is 1. The van der Waals surface area contributed by atoms with Crippen LogP contribution in [0.15, 0.2) is 54.1 Å². The monoisotopic (exact) mass is 560 g/mol. The average Bonchev–Trinajstić information content (AvgIpc) is 3.39. The molecule has 9 nitrogen and oxygen atoms in total. The first-order valence-electron chi connectivity index (χ1n) is 11.2. The van der Waals surface area contributed by atoms with Crippen LogP contribution >= 0.6 is 11.7 Å². The summed E-state index contributed by atoms with van der Waals surface area (Å²) in [5.74, 6) is -2.22. The van der Waals surface area contributed by atoms with Crippen LogP contribution in [-0.4, -0.2) is 48.9 Å². The Morgan fingerprint density at radius 1 is 0.821 bits per heavy atom. The van der Waals surface area contributed by atoms with Crippen LogP contribution in [0.4, 0.5) is 4.39 Å². The van der Waals surface area contributed by atoms with E-state index in [0.717, 1.165) is 11.7 Å². The molecule has 0 unspecified atom stereocenters. The van der Waals surface area contributed by atoms with Crippen LogP contribution in [0.3, 0.4) is 0 Å². The first-order chi connectivity index (χ1) is 18.3. The molecule has 1 aromatic heterocycles.